The molecule has 2 rings (SSSR count). The number of carbonyl (C=O) groups is 2. The van der Waals surface area contributed by atoms with Gasteiger partial charge in [0.1, 0.15) is 5.75 Å². The second-order valence-electron chi connectivity index (χ2n) is 6.04. The fraction of sp³-hybridized carbons (Fsp3) is 0.556. The molecule has 1 aliphatic rings. The first kappa shape index (κ1) is 17.5. The van der Waals surface area contributed by atoms with E-state index in [1.807, 2.05) is 11.9 Å². The minimum absolute atomic E-state index is 0.00580. The maximum atomic E-state index is 12.3. The second kappa shape index (κ2) is 8.11. The van der Waals surface area contributed by atoms with E-state index in [4.69, 9.17) is 4.74 Å². The normalized spacial score (nSPS) is 16.1. The molecule has 1 aliphatic heterocycles. The Hall–Kier alpha value is -1.88. The molecule has 0 radical (unpaired) electrons. The molecule has 0 saturated carbocycles. The summed E-state index contributed by atoms with van der Waals surface area (Å²) < 4.78 is 5.56. The van der Waals surface area contributed by atoms with Crippen LogP contribution in [0.5, 0.6) is 5.75 Å². The highest BCUT2D eigenvalue weighted by molar-refractivity contribution is 5.94. The van der Waals surface area contributed by atoms with E-state index in [-0.39, 0.29) is 24.3 Å². The average Bonchev–Trinajstić information content (AvgIpc) is 2.59. The molecule has 1 amide bonds. The summed E-state index contributed by atoms with van der Waals surface area (Å²) in [6.45, 7) is 6.84. The average molecular weight is 318 g/mol. The Morgan fingerprint density at radius 3 is 2.61 bits per heavy atom. The maximum Gasteiger partial charge on any atom is 0.260 e. The summed E-state index contributed by atoms with van der Waals surface area (Å²) in [5.74, 6) is 0.523. The minimum Gasteiger partial charge on any atom is -0.484 e. The van der Waals surface area contributed by atoms with E-state index >= 15 is 0 Å². The molecule has 0 aliphatic carbocycles. The van der Waals surface area contributed by atoms with Gasteiger partial charge < -0.3 is 14.5 Å². The van der Waals surface area contributed by atoms with Crippen molar-refractivity contribution in [3.8, 4) is 5.75 Å². The van der Waals surface area contributed by atoms with Crippen LogP contribution in [0.2, 0.25) is 0 Å². The Balaban J connectivity index is 1.84. The number of carbonyl (C=O) groups excluding carboxylic acids is 2. The lowest BCUT2D eigenvalue weighted by Gasteiger charge is -2.36. The number of ether oxygens (including phenoxy) is 1. The van der Waals surface area contributed by atoms with Crippen molar-refractivity contribution in [2.45, 2.75) is 32.7 Å². The number of likely N-dealkylation sites (tertiary alicyclic amines) is 1. The van der Waals surface area contributed by atoms with Crippen molar-refractivity contribution in [2.24, 2.45) is 0 Å². The van der Waals surface area contributed by atoms with Crippen molar-refractivity contribution in [2.75, 3.05) is 33.3 Å². The summed E-state index contributed by atoms with van der Waals surface area (Å²) in [6, 6.07) is 7.23. The van der Waals surface area contributed by atoms with Gasteiger partial charge in [0.2, 0.25) is 0 Å². The molecule has 23 heavy (non-hydrogen) atoms. The second-order valence-corrected chi connectivity index (χ2v) is 6.04. The number of hydrogen-bond donors (Lipinski definition) is 0. The van der Waals surface area contributed by atoms with E-state index in [0.717, 1.165) is 32.5 Å². The molecular weight excluding hydrogens is 292 g/mol. The molecule has 1 aromatic rings. The van der Waals surface area contributed by atoms with Crippen LogP contribution in [0.4, 0.5) is 0 Å². The van der Waals surface area contributed by atoms with Gasteiger partial charge in [-0.1, -0.05) is 19.1 Å². The van der Waals surface area contributed by atoms with E-state index in [9.17, 15) is 9.59 Å². The number of Topliss-reactive ketones (excluding diaryl/α,β-unsaturated/α-hetero) is 1. The monoisotopic (exact) mass is 318 g/mol. The highest BCUT2D eigenvalue weighted by Gasteiger charge is 2.24. The lowest BCUT2D eigenvalue weighted by molar-refractivity contribution is -0.135. The fourth-order valence-corrected chi connectivity index (χ4v) is 2.88. The van der Waals surface area contributed by atoms with Gasteiger partial charge in [-0.15, -0.1) is 0 Å². The molecule has 0 spiro atoms. The summed E-state index contributed by atoms with van der Waals surface area (Å²) in [7, 11) is 1.85. The van der Waals surface area contributed by atoms with E-state index in [1.165, 1.54) is 6.92 Å². The van der Waals surface area contributed by atoms with E-state index in [2.05, 4.69) is 11.8 Å². The van der Waals surface area contributed by atoms with E-state index in [0.29, 0.717) is 11.3 Å². The van der Waals surface area contributed by atoms with Gasteiger partial charge in [-0.2, -0.15) is 0 Å². The summed E-state index contributed by atoms with van der Waals surface area (Å²) in [5.41, 5.74) is 0.593. The Morgan fingerprint density at radius 2 is 2.00 bits per heavy atom. The Bertz CT molecular complexity index is 551. The molecule has 1 heterocycles. The first-order valence-corrected chi connectivity index (χ1v) is 8.23. The van der Waals surface area contributed by atoms with Gasteiger partial charge in [-0.3, -0.25) is 9.59 Å². The van der Waals surface area contributed by atoms with Gasteiger partial charge in [0.25, 0.3) is 5.91 Å². The third-order valence-electron chi connectivity index (χ3n) is 4.55. The van der Waals surface area contributed by atoms with Crippen LogP contribution in [0, 0.1) is 0 Å². The zero-order chi connectivity index (χ0) is 16.8. The van der Waals surface area contributed by atoms with Crippen LogP contribution in [0.15, 0.2) is 24.3 Å². The third-order valence-corrected chi connectivity index (χ3v) is 4.55. The number of rotatable bonds is 6. The van der Waals surface area contributed by atoms with Gasteiger partial charge in [0.15, 0.2) is 12.4 Å². The van der Waals surface area contributed by atoms with Crippen molar-refractivity contribution in [1.29, 1.82) is 0 Å². The fourth-order valence-electron chi connectivity index (χ4n) is 2.88. The molecule has 0 unspecified atom stereocenters. The van der Waals surface area contributed by atoms with Crippen molar-refractivity contribution in [1.82, 2.24) is 9.80 Å². The van der Waals surface area contributed by atoms with Gasteiger partial charge in [0.05, 0.1) is 0 Å². The molecule has 1 aromatic carbocycles. The molecule has 1 fully saturated rings. The molecule has 0 bridgehead atoms. The molecule has 0 atom stereocenters. The van der Waals surface area contributed by atoms with Crippen LogP contribution in [0.1, 0.15) is 37.0 Å². The van der Waals surface area contributed by atoms with Gasteiger partial charge in [0, 0.05) is 31.7 Å². The van der Waals surface area contributed by atoms with Crippen LogP contribution < -0.4 is 4.74 Å². The standard InChI is InChI=1S/C18H26N2O3/c1-4-20-10-8-16(9-11-20)19(3)18(22)13-23-17-7-5-6-15(12-17)14(2)21/h5-7,12,16H,4,8-11,13H2,1-3H3. The lowest BCUT2D eigenvalue weighted by atomic mass is 10.0. The number of benzene rings is 1. The highest BCUT2D eigenvalue weighted by atomic mass is 16.5. The highest BCUT2D eigenvalue weighted by Crippen LogP contribution is 2.17. The lowest BCUT2D eigenvalue weighted by Crippen LogP contribution is -2.46. The summed E-state index contributed by atoms with van der Waals surface area (Å²) in [6.07, 6.45) is 2.02. The summed E-state index contributed by atoms with van der Waals surface area (Å²) in [5, 5.41) is 0. The topological polar surface area (TPSA) is 49.9 Å². The molecule has 5 nitrogen and oxygen atoms in total. The van der Waals surface area contributed by atoms with E-state index in [1.54, 1.807) is 24.3 Å². The van der Waals surface area contributed by atoms with Gasteiger partial charge in [-0.25, -0.2) is 0 Å². The van der Waals surface area contributed by atoms with Crippen LogP contribution in [0.3, 0.4) is 0 Å². The largest absolute Gasteiger partial charge is 0.484 e. The van der Waals surface area contributed by atoms with Crippen LogP contribution in [-0.2, 0) is 4.79 Å². The Morgan fingerprint density at radius 1 is 1.30 bits per heavy atom. The number of amides is 1. The zero-order valence-corrected chi connectivity index (χ0v) is 14.2. The molecule has 1 saturated heterocycles. The summed E-state index contributed by atoms with van der Waals surface area (Å²) >= 11 is 0. The predicted octanol–water partition coefficient (Wildman–Crippen LogP) is 2.21. The van der Waals surface area contributed by atoms with Crippen molar-refractivity contribution in [3.05, 3.63) is 29.8 Å². The van der Waals surface area contributed by atoms with E-state index < -0.39 is 0 Å². The van der Waals surface area contributed by atoms with Crippen molar-refractivity contribution in [3.63, 3.8) is 0 Å². The molecule has 0 N–H and O–H groups in total. The maximum absolute atomic E-state index is 12.3. The molecule has 5 heteroatoms. The SMILES string of the molecule is CCN1CCC(N(C)C(=O)COc2cccc(C(C)=O)c2)CC1. The van der Waals surface area contributed by atoms with Crippen LogP contribution >= 0.6 is 0 Å². The molecule has 0 aromatic heterocycles. The first-order chi connectivity index (χ1) is 11.0. The quantitative estimate of drug-likeness (QED) is 0.755. The van der Waals surface area contributed by atoms with Crippen LogP contribution in [0.25, 0.3) is 0 Å². The van der Waals surface area contributed by atoms with Crippen molar-refractivity contribution < 1.29 is 14.3 Å². The van der Waals surface area contributed by atoms with Gasteiger partial charge >= 0.3 is 0 Å². The summed E-state index contributed by atoms with van der Waals surface area (Å²) in [4.78, 5) is 27.9. The third kappa shape index (κ3) is 4.79. The zero-order valence-electron chi connectivity index (χ0n) is 14.2. The predicted molar refractivity (Wildman–Crippen MR) is 89.8 cm³/mol. The minimum atomic E-state index is -0.0202. The number of likely N-dealkylation sites (N-methyl/N-ethyl adjacent to an activating group) is 1. The van der Waals surface area contributed by atoms with Crippen molar-refractivity contribution >= 4 is 11.7 Å². The number of piperidine rings is 1. The number of hydrogen-bond acceptors (Lipinski definition) is 4. The number of nitrogens with zero attached hydrogens (tertiary/aromatic N) is 2. The Labute approximate surface area is 138 Å². The first-order valence-electron chi connectivity index (χ1n) is 8.23. The smallest absolute Gasteiger partial charge is 0.260 e. The molecule has 126 valence electrons. The van der Waals surface area contributed by atoms with Gasteiger partial charge in [-0.05, 0) is 38.4 Å². The number of ketones is 1. The molecular formula is C18H26N2O3. The van der Waals surface area contributed by atoms with Crippen LogP contribution in [-0.4, -0.2) is 60.8 Å². The Kier molecular flexibility index (Phi) is 6.16.